The predicted octanol–water partition coefficient (Wildman–Crippen LogP) is 4.14. The number of carbonyl (C=O) groups is 1. The Bertz CT molecular complexity index is 401. The molecule has 1 N–H and O–H groups in total. The molecule has 1 amide bonds. The van der Waals surface area contributed by atoms with Gasteiger partial charge in [-0.05, 0) is 23.6 Å². The molecule has 17 heavy (non-hydrogen) atoms. The van der Waals surface area contributed by atoms with Crippen LogP contribution in [-0.4, -0.2) is 17.8 Å². The average Bonchev–Trinajstić information content (AvgIpc) is 2.24. The lowest BCUT2D eigenvalue weighted by Gasteiger charge is -2.21. The molecule has 1 rings (SSSR count). The summed E-state index contributed by atoms with van der Waals surface area (Å²) in [4.78, 5) is 11.9. The zero-order valence-electron chi connectivity index (χ0n) is 9.69. The van der Waals surface area contributed by atoms with Crippen LogP contribution in [0.15, 0.2) is 18.2 Å². The van der Waals surface area contributed by atoms with Crippen molar-refractivity contribution in [1.82, 2.24) is 5.32 Å². The molecule has 1 aromatic rings. The number of alkyl halides is 1. The van der Waals surface area contributed by atoms with Gasteiger partial charge < -0.3 is 5.32 Å². The zero-order chi connectivity index (χ0) is 13.1. The lowest BCUT2D eigenvalue weighted by Crippen LogP contribution is -2.34. The molecule has 94 valence electrons. The molecular formula is C12H14BrCl2NO. The molecule has 1 aromatic carbocycles. The van der Waals surface area contributed by atoms with Crippen LogP contribution >= 0.6 is 39.1 Å². The van der Waals surface area contributed by atoms with Crippen molar-refractivity contribution in [1.29, 1.82) is 0 Å². The molecule has 0 radical (unpaired) electrons. The maximum atomic E-state index is 11.9. The highest BCUT2D eigenvalue weighted by atomic mass is 79.9. The van der Waals surface area contributed by atoms with Crippen molar-refractivity contribution in [2.75, 3.05) is 11.9 Å². The first-order valence-corrected chi connectivity index (χ1v) is 7.02. The van der Waals surface area contributed by atoms with Crippen molar-refractivity contribution < 1.29 is 4.79 Å². The Morgan fingerprint density at radius 1 is 1.29 bits per heavy atom. The molecule has 0 saturated heterocycles. The van der Waals surface area contributed by atoms with E-state index in [4.69, 9.17) is 23.2 Å². The first-order valence-electron chi connectivity index (χ1n) is 5.14. The molecule has 2 nitrogen and oxygen atoms in total. The summed E-state index contributed by atoms with van der Waals surface area (Å²) in [6, 6.07) is 4.80. The van der Waals surface area contributed by atoms with Gasteiger partial charge in [0.05, 0.1) is 0 Å². The Morgan fingerprint density at radius 3 is 2.29 bits per heavy atom. The van der Waals surface area contributed by atoms with Gasteiger partial charge in [0.1, 0.15) is 0 Å². The van der Waals surface area contributed by atoms with Crippen molar-refractivity contribution in [3.8, 4) is 0 Å². The standard InChI is InChI=1S/C12H14BrCl2NO/c1-12(2,6-13)7-16-11(17)8-3-9(14)5-10(15)4-8/h3-5H,6-7H2,1-2H3,(H,16,17). The van der Waals surface area contributed by atoms with E-state index in [0.717, 1.165) is 5.33 Å². The van der Waals surface area contributed by atoms with E-state index >= 15 is 0 Å². The summed E-state index contributed by atoms with van der Waals surface area (Å²) in [5.74, 6) is -0.163. The number of nitrogens with one attached hydrogen (secondary N) is 1. The minimum absolute atomic E-state index is 0.0119. The van der Waals surface area contributed by atoms with E-state index in [1.54, 1.807) is 18.2 Å². The lowest BCUT2D eigenvalue weighted by atomic mass is 9.97. The monoisotopic (exact) mass is 337 g/mol. The Kier molecular flexibility index (Phi) is 5.29. The number of carbonyl (C=O) groups excluding carboxylic acids is 1. The molecule has 0 saturated carbocycles. The Balaban J connectivity index is 2.70. The topological polar surface area (TPSA) is 29.1 Å². The second-order valence-electron chi connectivity index (χ2n) is 4.64. The first kappa shape index (κ1) is 14.8. The van der Waals surface area contributed by atoms with Gasteiger partial charge in [0, 0.05) is 27.5 Å². The van der Waals surface area contributed by atoms with Crippen molar-refractivity contribution in [3.05, 3.63) is 33.8 Å². The van der Waals surface area contributed by atoms with Crippen LogP contribution in [0.3, 0.4) is 0 Å². The van der Waals surface area contributed by atoms with Crippen LogP contribution in [-0.2, 0) is 0 Å². The third-order valence-corrected chi connectivity index (χ3v) is 4.17. The molecule has 0 atom stereocenters. The molecule has 0 aliphatic rings. The second-order valence-corrected chi connectivity index (χ2v) is 6.07. The summed E-state index contributed by atoms with van der Waals surface area (Å²) in [6.45, 7) is 4.71. The maximum Gasteiger partial charge on any atom is 0.251 e. The summed E-state index contributed by atoms with van der Waals surface area (Å²) in [5, 5.41) is 4.60. The molecule has 0 heterocycles. The number of hydrogen-bond acceptors (Lipinski definition) is 1. The average molecular weight is 339 g/mol. The van der Waals surface area contributed by atoms with Gasteiger partial charge in [-0.15, -0.1) is 0 Å². The Morgan fingerprint density at radius 2 is 1.82 bits per heavy atom. The Labute approximate surface area is 120 Å². The highest BCUT2D eigenvalue weighted by Gasteiger charge is 2.17. The fourth-order valence-corrected chi connectivity index (χ4v) is 1.88. The lowest BCUT2D eigenvalue weighted by molar-refractivity contribution is 0.0940. The Hall–Kier alpha value is -0.250. The zero-order valence-corrected chi connectivity index (χ0v) is 12.8. The van der Waals surface area contributed by atoms with Crippen LogP contribution in [0, 0.1) is 5.41 Å². The SMILES string of the molecule is CC(C)(CBr)CNC(=O)c1cc(Cl)cc(Cl)c1. The van der Waals surface area contributed by atoms with Gasteiger partial charge in [0.15, 0.2) is 0 Å². The van der Waals surface area contributed by atoms with Crippen LogP contribution in [0.4, 0.5) is 0 Å². The molecule has 0 unspecified atom stereocenters. The second kappa shape index (κ2) is 6.07. The highest BCUT2D eigenvalue weighted by molar-refractivity contribution is 9.09. The van der Waals surface area contributed by atoms with E-state index < -0.39 is 0 Å². The molecular weight excluding hydrogens is 325 g/mol. The summed E-state index contributed by atoms with van der Waals surface area (Å²) in [7, 11) is 0. The summed E-state index contributed by atoms with van der Waals surface area (Å²) in [6.07, 6.45) is 0. The van der Waals surface area contributed by atoms with Crippen molar-refractivity contribution in [3.63, 3.8) is 0 Å². The van der Waals surface area contributed by atoms with Gasteiger partial charge in [-0.1, -0.05) is 53.0 Å². The number of benzene rings is 1. The van der Waals surface area contributed by atoms with Gasteiger partial charge >= 0.3 is 0 Å². The summed E-state index contributed by atoms with van der Waals surface area (Å²) >= 11 is 15.1. The quantitative estimate of drug-likeness (QED) is 0.821. The van der Waals surface area contributed by atoms with Crippen LogP contribution in [0.2, 0.25) is 10.0 Å². The third kappa shape index (κ3) is 4.86. The van der Waals surface area contributed by atoms with E-state index in [1.165, 1.54) is 0 Å². The molecule has 0 aliphatic carbocycles. The minimum atomic E-state index is -0.163. The van der Waals surface area contributed by atoms with Crippen LogP contribution in [0.25, 0.3) is 0 Å². The normalized spacial score (nSPS) is 11.4. The van der Waals surface area contributed by atoms with Crippen LogP contribution < -0.4 is 5.32 Å². The van der Waals surface area contributed by atoms with Gasteiger partial charge in [0.25, 0.3) is 5.91 Å². The van der Waals surface area contributed by atoms with Crippen LogP contribution in [0.1, 0.15) is 24.2 Å². The molecule has 0 aromatic heterocycles. The van der Waals surface area contributed by atoms with Crippen molar-refractivity contribution >= 4 is 45.0 Å². The highest BCUT2D eigenvalue weighted by Crippen LogP contribution is 2.20. The van der Waals surface area contributed by atoms with E-state index in [1.807, 2.05) is 0 Å². The number of rotatable bonds is 4. The summed E-state index contributed by atoms with van der Waals surface area (Å²) < 4.78 is 0. The molecule has 0 aliphatic heterocycles. The van der Waals surface area contributed by atoms with Crippen molar-refractivity contribution in [2.24, 2.45) is 5.41 Å². The van der Waals surface area contributed by atoms with Gasteiger partial charge in [0.2, 0.25) is 0 Å². The number of halogens is 3. The van der Waals surface area contributed by atoms with E-state index in [0.29, 0.717) is 22.2 Å². The molecule has 0 spiro atoms. The predicted molar refractivity (Wildman–Crippen MR) is 76.4 cm³/mol. The third-order valence-electron chi connectivity index (χ3n) is 2.21. The summed E-state index contributed by atoms with van der Waals surface area (Å²) in [5.41, 5.74) is 0.491. The van der Waals surface area contributed by atoms with Gasteiger partial charge in [-0.25, -0.2) is 0 Å². The number of hydrogen-bond donors (Lipinski definition) is 1. The van der Waals surface area contributed by atoms with Crippen molar-refractivity contribution in [2.45, 2.75) is 13.8 Å². The number of amides is 1. The van der Waals surface area contributed by atoms with Gasteiger partial charge in [-0.2, -0.15) is 0 Å². The molecule has 5 heteroatoms. The smallest absolute Gasteiger partial charge is 0.251 e. The largest absolute Gasteiger partial charge is 0.351 e. The van der Waals surface area contributed by atoms with E-state index in [9.17, 15) is 4.79 Å². The molecule has 0 fully saturated rings. The van der Waals surface area contributed by atoms with Gasteiger partial charge in [-0.3, -0.25) is 4.79 Å². The maximum absolute atomic E-state index is 11.9. The minimum Gasteiger partial charge on any atom is -0.351 e. The van der Waals surface area contributed by atoms with E-state index in [2.05, 4.69) is 35.1 Å². The van der Waals surface area contributed by atoms with Crippen LogP contribution in [0.5, 0.6) is 0 Å². The fraction of sp³-hybridized carbons (Fsp3) is 0.417. The van der Waals surface area contributed by atoms with E-state index in [-0.39, 0.29) is 11.3 Å². The first-order chi connectivity index (χ1) is 7.84. The fourth-order valence-electron chi connectivity index (χ4n) is 1.15. The molecule has 0 bridgehead atoms.